The van der Waals surface area contributed by atoms with Crippen LogP contribution in [0.5, 0.6) is 0 Å². The summed E-state index contributed by atoms with van der Waals surface area (Å²) in [7, 11) is 0. The summed E-state index contributed by atoms with van der Waals surface area (Å²) in [5, 5.41) is 9.82. The molecule has 0 saturated heterocycles. The van der Waals surface area contributed by atoms with E-state index in [0.717, 1.165) is 0 Å². The van der Waals surface area contributed by atoms with Crippen LogP contribution in [-0.2, 0) is 16.1 Å². The first kappa shape index (κ1) is 17.9. The predicted molar refractivity (Wildman–Crippen MR) is 98.6 cm³/mol. The van der Waals surface area contributed by atoms with Gasteiger partial charge in [0, 0.05) is 16.5 Å². The lowest BCUT2D eigenvalue weighted by Crippen LogP contribution is -2.25. The largest absolute Gasteiger partial charge is 0.463 e. The molecule has 0 atom stereocenters. The van der Waals surface area contributed by atoms with E-state index in [-0.39, 0.29) is 12.1 Å². The Bertz CT molecular complexity index is 1050. The van der Waals surface area contributed by atoms with Crippen molar-refractivity contribution in [1.29, 1.82) is 0 Å². The Labute approximate surface area is 154 Å². The van der Waals surface area contributed by atoms with Gasteiger partial charge in [-0.1, -0.05) is 23.7 Å². The average molecular weight is 373 g/mol. The minimum absolute atomic E-state index is 0.148. The Morgan fingerprint density at radius 3 is 2.92 bits per heavy atom. The average Bonchev–Trinajstić information content (AvgIpc) is 3.05. The zero-order chi connectivity index (χ0) is 18.7. The molecule has 0 spiro atoms. The van der Waals surface area contributed by atoms with Crippen LogP contribution in [0.3, 0.4) is 0 Å². The maximum absolute atomic E-state index is 12.9. The summed E-state index contributed by atoms with van der Waals surface area (Å²) in [6.45, 7) is 3.98. The number of hydrogen-bond donors (Lipinski definition) is 0. The number of carbonyl (C=O) groups excluding carboxylic acids is 1. The lowest BCUT2D eigenvalue weighted by molar-refractivity contribution is -0.137. The number of hydrogen-bond acceptors (Lipinski definition) is 5. The van der Waals surface area contributed by atoms with Crippen LogP contribution in [0.2, 0.25) is 5.02 Å². The molecule has 0 saturated carbocycles. The molecule has 0 amide bonds. The molecule has 2 aromatic heterocycles. The first-order chi connectivity index (χ1) is 12.5. The molecule has 3 aromatic rings. The normalized spacial score (nSPS) is 11.3. The number of halogens is 1. The molecule has 0 aliphatic rings. The van der Waals surface area contributed by atoms with E-state index < -0.39 is 5.97 Å². The van der Waals surface area contributed by atoms with Gasteiger partial charge in [-0.05, 0) is 32.0 Å². The second-order valence-corrected chi connectivity index (χ2v) is 5.96. The molecule has 0 aliphatic heterocycles. The minimum Gasteiger partial charge on any atom is -0.463 e. The van der Waals surface area contributed by atoms with Crippen LogP contribution in [0, 0.1) is 6.92 Å². The molecule has 0 N–H and O–H groups in total. The SMILES string of the molecule is CCOC(=O)/C=C/Cn1nc(C)c2cnn(-c3cccc(Cl)c3)c2c1=O. The van der Waals surface area contributed by atoms with Crippen LogP contribution < -0.4 is 5.56 Å². The van der Waals surface area contributed by atoms with E-state index >= 15 is 0 Å². The molecule has 1 aromatic carbocycles. The molecule has 7 nitrogen and oxygen atoms in total. The van der Waals surface area contributed by atoms with Crippen molar-refractivity contribution in [2.45, 2.75) is 20.4 Å². The highest BCUT2D eigenvalue weighted by molar-refractivity contribution is 6.30. The number of nitrogens with zero attached hydrogens (tertiary/aromatic N) is 4. The number of fused-ring (bicyclic) bond motifs is 1. The summed E-state index contributed by atoms with van der Waals surface area (Å²) >= 11 is 6.05. The van der Waals surface area contributed by atoms with Crippen molar-refractivity contribution < 1.29 is 9.53 Å². The van der Waals surface area contributed by atoms with Crippen molar-refractivity contribution in [3.63, 3.8) is 0 Å². The predicted octanol–water partition coefficient (Wildman–Crippen LogP) is 2.66. The number of benzene rings is 1. The molecule has 2 heterocycles. The standard InChI is InChI=1S/C18H17ClN4O3/c1-3-26-16(24)8-5-9-22-18(25)17-15(12(2)21-22)11-20-23(17)14-7-4-6-13(19)10-14/h4-8,10-11H,3,9H2,1-2H3/b8-5+. The lowest BCUT2D eigenvalue weighted by atomic mass is 10.2. The van der Waals surface area contributed by atoms with Crippen LogP contribution in [0.15, 0.2) is 47.4 Å². The van der Waals surface area contributed by atoms with Crippen molar-refractivity contribution in [2.75, 3.05) is 6.61 Å². The van der Waals surface area contributed by atoms with Crippen LogP contribution in [0.1, 0.15) is 12.6 Å². The third-order valence-corrected chi connectivity index (χ3v) is 3.97. The van der Waals surface area contributed by atoms with Gasteiger partial charge < -0.3 is 4.74 Å². The van der Waals surface area contributed by atoms with Gasteiger partial charge in [0.05, 0.1) is 30.7 Å². The van der Waals surface area contributed by atoms with Crippen molar-refractivity contribution in [3.05, 3.63) is 63.7 Å². The van der Waals surface area contributed by atoms with Crippen molar-refractivity contribution in [1.82, 2.24) is 19.6 Å². The first-order valence-corrected chi connectivity index (χ1v) is 8.43. The van der Waals surface area contributed by atoms with Gasteiger partial charge in [0.1, 0.15) is 5.52 Å². The highest BCUT2D eigenvalue weighted by Gasteiger charge is 2.14. The van der Waals surface area contributed by atoms with E-state index in [4.69, 9.17) is 16.3 Å². The molecule has 134 valence electrons. The van der Waals surface area contributed by atoms with Gasteiger partial charge in [0.15, 0.2) is 0 Å². The van der Waals surface area contributed by atoms with Crippen LogP contribution in [0.25, 0.3) is 16.6 Å². The summed E-state index contributed by atoms with van der Waals surface area (Å²) in [5.41, 5.74) is 1.45. The molecule has 3 rings (SSSR count). The monoisotopic (exact) mass is 372 g/mol. The van der Waals surface area contributed by atoms with Gasteiger partial charge in [-0.3, -0.25) is 4.79 Å². The molecule has 0 aliphatic carbocycles. The van der Waals surface area contributed by atoms with Gasteiger partial charge in [0.25, 0.3) is 5.56 Å². The third kappa shape index (κ3) is 3.52. The Hall–Kier alpha value is -2.93. The highest BCUT2D eigenvalue weighted by atomic mass is 35.5. The number of ether oxygens (including phenoxy) is 1. The summed E-state index contributed by atoms with van der Waals surface area (Å²) in [6, 6.07) is 7.09. The lowest BCUT2D eigenvalue weighted by Gasteiger charge is -2.07. The van der Waals surface area contributed by atoms with Gasteiger partial charge >= 0.3 is 5.97 Å². The molecule has 0 unspecified atom stereocenters. The number of aryl methyl sites for hydroxylation is 1. The minimum atomic E-state index is -0.456. The molecule has 0 fully saturated rings. The van der Waals surface area contributed by atoms with E-state index in [1.165, 1.54) is 16.8 Å². The van der Waals surface area contributed by atoms with Gasteiger partial charge in [-0.15, -0.1) is 0 Å². The summed E-state index contributed by atoms with van der Waals surface area (Å²) in [4.78, 5) is 24.3. The number of allylic oxidation sites excluding steroid dienone is 1. The number of carbonyl (C=O) groups is 1. The van der Waals surface area contributed by atoms with Gasteiger partial charge in [-0.25, -0.2) is 14.2 Å². The van der Waals surface area contributed by atoms with Crippen molar-refractivity contribution in [2.24, 2.45) is 0 Å². The van der Waals surface area contributed by atoms with E-state index in [0.29, 0.717) is 33.9 Å². The smallest absolute Gasteiger partial charge is 0.330 e. The Kier molecular flexibility index (Phi) is 5.18. The summed E-state index contributed by atoms with van der Waals surface area (Å²) in [5.74, 6) is -0.456. The second-order valence-electron chi connectivity index (χ2n) is 5.53. The summed E-state index contributed by atoms with van der Waals surface area (Å²) in [6.07, 6.45) is 4.43. The van der Waals surface area contributed by atoms with Crippen molar-refractivity contribution in [3.8, 4) is 5.69 Å². The summed E-state index contributed by atoms with van der Waals surface area (Å²) < 4.78 is 7.65. The van der Waals surface area contributed by atoms with Crippen molar-refractivity contribution >= 4 is 28.5 Å². The van der Waals surface area contributed by atoms with Crippen LogP contribution in [0.4, 0.5) is 0 Å². The topological polar surface area (TPSA) is 79.0 Å². The molecule has 26 heavy (non-hydrogen) atoms. The van der Waals surface area contributed by atoms with Gasteiger partial charge in [-0.2, -0.15) is 10.2 Å². The Balaban J connectivity index is 2.05. The highest BCUT2D eigenvalue weighted by Crippen LogP contribution is 2.19. The number of rotatable bonds is 5. The van der Waals surface area contributed by atoms with E-state index in [1.54, 1.807) is 42.9 Å². The fourth-order valence-electron chi connectivity index (χ4n) is 2.59. The fraction of sp³-hybridized carbons (Fsp3) is 0.222. The van der Waals surface area contributed by atoms with E-state index in [9.17, 15) is 9.59 Å². The molecule has 0 radical (unpaired) electrons. The Morgan fingerprint density at radius 2 is 2.19 bits per heavy atom. The zero-order valence-electron chi connectivity index (χ0n) is 14.3. The second kappa shape index (κ2) is 7.53. The van der Waals surface area contributed by atoms with Crippen LogP contribution in [-0.4, -0.2) is 32.1 Å². The fourth-order valence-corrected chi connectivity index (χ4v) is 2.77. The maximum Gasteiger partial charge on any atom is 0.330 e. The third-order valence-electron chi connectivity index (χ3n) is 3.74. The molecule has 8 heteroatoms. The molecule has 0 bridgehead atoms. The van der Waals surface area contributed by atoms with Gasteiger partial charge in [0.2, 0.25) is 0 Å². The number of esters is 1. The molecular formula is C18H17ClN4O3. The number of aromatic nitrogens is 4. The van der Waals surface area contributed by atoms with E-state index in [2.05, 4.69) is 10.2 Å². The quantitative estimate of drug-likeness (QED) is 0.508. The molecular weight excluding hydrogens is 356 g/mol. The maximum atomic E-state index is 12.9. The zero-order valence-corrected chi connectivity index (χ0v) is 15.1. The van der Waals surface area contributed by atoms with E-state index in [1.807, 2.05) is 6.07 Å². The Morgan fingerprint density at radius 1 is 1.38 bits per heavy atom. The van der Waals surface area contributed by atoms with Crippen LogP contribution >= 0.6 is 11.6 Å². The first-order valence-electron chi connectivity index (χ1n) is 8.06.